The Balaban J connectivity index is 2.15. The van der Waals surface area contributed by atoms with E-state index in [1.807, 2.05) is 6.08 Å². The lowest BCUT2D eigenvalue weighted by Gasteiger charge is -2.40. The van der Waals surface area contributed by atoms with Gasteiger partial charge in [0.15, 0.2) is 6.29 Å². The van der Waals surface area contributed by atoms with Gasteiger partial charge in [0.2, 0.25) is 5.91 Å². The van der Waals surface area contributed by atoms with Crippen LogP contribution in [0.5, 0.6) is 0 Å². The Morgan fingerprint density at radius 1 is 0.423 bits per heavy atom. The third kappa shape index (κ3) is 47.0. The third-order valence-corrected chi connectivity index (χ3v) is 16.4. The number of aliphatic hydroxyl groups is 5. The molecule has 1 fully saturated rings. The molecule has 0 saturated carbocycles. The van der Waals surface area contributed by atoms with Crippen LogP contribution in [0.1, 0.15) is 341 Å². The Labute approximate surface area is 482 Å². The largest absolute Gasteiger partial charge is 0.394 e. The predicted molar refractivity (Wildman–Crippen MR) is 332 cm³/mol. The molecule has 0 aromatic carbocycles. The van der Waals surface area contributed by atoms with Crippen molar-refractivity contribution < 1.29 is 39.8 Å². The molecule has 1 rings (SSSR count). The van der Waals surface area contributed by atoms with Crippen LogP contribution >= 0.6 is 0 Å². The Bertz CT molecular complexity index is 1320. The van der Waals surface area contributed by atoms with E-state index in [9.17, 15) is 30.3 Å². The van der Waals surface area contributed by atoms with Gasteiger partial charge in [0.25, 0.3) is 0 Å². The van der Waals surface area contributed by atoms with Crippen molar-refractivity contribution in [1.29, 1.82) is 0 Å². The standard InChI is InChI=1S/C69H131NO8/c1-3-5-7-9-11-13-15-17-19-21-23-25-27-29-30-31-32-33-34-35-37-39-41-43-45-47-49-51-53-55-57-59-65(73)70-62(61-77-69-68(76)67(75)66(74)64(60-71)78-69)63(72)58-56-54-52-50-48-46-44-42-40-38-36-28-26-24-22-20-18-16-14-12-10-8-6-4-2/h40,42,48,50,56,58,62-64,66-69,71-72,74-76H,3-39,41,43-47,49,51-55,57,59-61H2,1-2H3,(H,70,73)/b42-40+,50-48+,58-56+. The van der Waals surface area contributed by atoms with Gasteiger partial charge in [-0.1, -0.05) is 326 Å². The number of nitrogens with one attached hydrogen (secondary N) is 1. The lowest BCUT2D eigenvalue weighted by Crippen LogP contribution is -2.60. The smallest absolute Gasteiger partial charge is 0.220 e. The van der Waals surface area contributed by atoms with Crippen molar-refractivity contribution in [1.82, 2.24) is 5.32 Å². The second kappa shape index (κ2) is 58.6. The fourth-order valence-corrected chi connectivity index (χ4v) is 11.1. The minimum atomic E-state index is -1.57. The summed E-state index contributed by atoms with van der Waals surface area (Å²) in [5.41, 5.74) is 0. The molecule has 9 heteroatoms. The number of carbonyl (C=O) groups excluding carboxylic acids is 1. The van der Waals surface area contributed by atoms with Crippen molar-refractivity contribution in [2.75, 3.05) is 13.2 Å². The van der Waals surface area contributed by atoms with Crippen molar-refractivity contribution in [2.45, 2.75) is 384 Å². The van der Waals surface area contributed by atoms with Gasteiger partial charge in [-0.05, 0) is 44.9 Å². The topological polar surface area (TPSA) is 149 Å². The SMILES string of the molecule is CCCCCCCCCCCCCCCC/C=C/CC/C=C/CC/C=C/C(O)C(COC1OC(CO)C(O)C(O)C1O)NC(=O)CCCCCCCCCCCCCCCCCCCCCCCCCCCCCCCCC. The molecule has 0 bridgehead atoms. The molecule has 0 aromatic rings. The average molecular weight is 1100 g/mol. The molecule has 0 aromatic heterocycles. The summed E-state index contributed by atoms with van der Waals surface area (Å²) in [6.07, 6.45) is 71.1. The van der Waals surface area contributed by atoms with Gasteiger partial charge in [-0.25, -0.2) is 0 Å². The monoisotopic (exact) mass is 1100 g/mol. The summed E-state index contributed by atoms with van der Waals surface area (Å²) >= 11 is 0. The summed E-state index contributed by atoms with van der Waals surface area (Å²) in [7, 11) is 0. The van der Waals surface area contributed by atoms with Gasteiger partial charge in [-0.15, -0.1) is 0 Å². The molecule has 0 spiro atoms. The van der Waals surface area contributed by atoms with Crippen LogP contribution in [0.4, 0.5) is 0 Å². The van der Waals surface area contributed by atoms with E-state index in [1.54, 1.807) is 6.08 Å². The van der Waals surface area contributed by atoms with Crippen LogP contribution in [0.3, 0.4) is 0 Å². The van der Waals surface area contributed by atoms with Crippen molar-refractivity contribution in [2.24, 2.45) is 0 Å². The molecule has 7 unspecified atom stereocenters. The summed E-state index contributed by atoms with van der Waals surface area (Å²) in [6, 6.07) is -0.827. The van der Waals surface area contributed by atoms with Crippen LogP contribution in [0.2, 0.25) is 0 Å². The van der Waals surface area contributed by atoms with Crippen molar-refractivity contribution >= 4 is 5.91 Å². The molecule has 0 aliphatic carbocycles. The van der Waals surface area contributed by atoms with Gasteiger partial charge >= 0.3 is 0 Å². The average Bonchev–Trinajstić information content (AvgIpc) is 3.45. The first kappa shape index (κ1) is 74.4. The second-order valence-electron chi connectivity index (χ2n) is 24.0. The molecule has 1 aliphatic rings. The van der Waals surface area contributed by atoms with E-state index in [0.29, 0.717) is 6.42 Å². The molecule has 1 heterocycles. The number of ether oxygens (including phenoxy) is 2. The highest BCUT2D eigenvalue weighted by Gasteiger charge is 2.44. The van der Waals surface area contributed by atoms with Crippen LogP contribution in [-0.2, 0) is 14.3 Å². The first-order valence-electron chi connectivity index (χ1n) is 34.2. The van der Waals surface area contributed by atoms with Crippen LogP contribution in [-0.4, -0.2) is 87.5 Å². The van der Waals surface area contributed by atoms with Gasteiger partial charge in [-0.3, -0.25) is 4.79 Å². The molecule has 1 amide bonds. The first-order valence-corrected chi connectivity index (χ1v) is 34.2. The molecule has 9 nitrogen and oxygen atoms in total. The molecule has 7 atom stereocenters. The highest BCUT2D eigenvalue weighted by Crippen LogP contribution is 2.23. The van der Waals surface area contributed by atoms with E-state index in [4.69, 9.17) is 9.47 Å². The van der Waals surface area contributed by atoms with Gasteiger partial charge in [-0.2, -0.15) is 0 Å². The van der Waals surface area contributed by atoms with Gasteiger partial charge in [0, 0.05) is 6.42 Å². The Morgan fingerprint density at radius 3 is 1.08 bits per heavy atom. The van der Waals surface area contributed by atoms with E-state index in [-0.39, 0.29) is 12.5 Å². The summed E-state index contributed by atoms with van der Waals surface area (Å²) < 4.78 is 11.3. The zero-order chi connectivity index (χ0) is 56.5. The molecule has 1 aliphatic heterocycles. The number of amides is 1. The fourth-order valence-electron chi connectivity index (χ4n) is 11.1. The van der Waals surface area contributed by atoms with Crippen molar-refractivity contribution in [3.05, 3.63) is 36.5 Å². The quantitative estimate of drug-likeness (QED) is 0.0261. The van der Waals surface area contributed by atoms with E-state index in [1.165, 1.54) is 276 Å². The Morgan fingerprint density at radius 2 is 0.731 bits per heavy atom. The normalized spacial score (nSPS) is 18.8. The van der Waals surface area contributed by atoms with Crippen LogP contribution < -0.4 is 5.32 Å². The molecule has 6 N–H and O–H groups in total. The summed E-state index contributed by atoms with van der Waals surface area (Å²) in [6.45, 7) is 3.81. The maximum atomic E-state index is 13.1. The fraction of sp³-hybridized carbons (Fsp3) is 0.899. The molecular formula is C69H131NO8. The minimum Gasteiger partial charge on any atom is -0.394 e. The number of allylic oxidation sites excluding steroid dienone is 5. The van der Waals surface area contributed by atoms with Crippen LogP contribution in [0, 0.1) is 0 Å². The number of carbonyl (C=O) groups is 1. The zero-order valence-electron chi connectivity index (χ0n) is 51.4. The lowest BCUT2D eigenvalue weighted by atomic mass is 9.99. The highest BCUT2D eigenvalue weighted by atomic mass is 16.7. The zero-order valence-corrected chi connectivity index (χ0v) is 51.4. The van der Waals surface area contributed by atoms with Gasteiger partial charge in [0.1, 0.15) is 24.4 Å². The van der Waals surface area contributed by atoms with E-state index >= 15 is 0 Å². The van der Waals surface area contributed by atoms with Crippen LogP contribution in [0.25, 0.3) is 0 Å². The van der Waals surface area contributed by atoms with E-state index in [2.05, 4.69) is 43.5 Å². The maximum Gasteiger partial charge on any atom is 0.220 e. The number of rotatable bonds is 60. The van der Waals surface area contributed by atoms with Crippen LogP contribution in [0.15, 0.2) is 36.5 Å². The third-order valence-electron chi connectivity index (χ3n) is 16.4. The first-order chi connectivity index (χ1) is 38.3. The number of hydrogen-bond acceptors (Lipinski definition) is 8. The lowest BCUT2D eigenvalue weighted by molar-refractivity contribution is -0.302. The molecule has 78 heavy (non-hydrogen) atoms. The summed E-state index contributed by atoms with van der Waals surface area (Å²) in [5.74, 6) is -0.183. The number of hydrogen-bond donors (Lipinski definition) is 6. The highest BCUT2D eigenvalue weighted by molar-refractivity contribution is 5.76. The molecule has 1 saturated heterocycles. The number of aliphatic hydroxyl groups excluding tert-OH is 5. The maximum absolute atomic E-state index is 13.1. The molecule has 460 valence electrons. The van der Waals surface area contributed by atoms with E-state index < -0.39 is 49.5 Å². The summed E-state index contributed by atoms with van der Waals surface area (Å²) in [4.78, 5) is 13.1. The second-order valence-corrected chi connectivity index (χ2v) is 24.0. The molecular weight excluding hydrogens is 971 g/mol. The summed E-state index contributed by atoms with van der Waals surface area (Å²) in [5, 5.41) is 54.7. The van der Waals surface area contributed by atoms with Crippen molar-refractivity contribution in [3.8, 4) is 0 Å². The van der Waals surface area contributed by atoms with E-state index in [0.717, 1.165) is 44.9 Å². The minimum absolute atomic E-state index is 0.183. The number of unbranched alkanes of at least 4 members (excludes halogenated alkanes) is 46. The Hall–Kier alpha value is -1.59. The van der Waals surface area contributed by atoms with Crippen molar-refractivity contribution in [3.63, 3.8) is 0 Å². The predicted octanol–water partition coefficient (Wildman–Crippen LogP) is 18.3. The van der Waals surface area contributed by atoms with Gasteiger partial charge < -0.3 is 40.3 Å². The molecule has 0 radical (unpaired) electrons. The van der Waals surface area contributed by atoms with Gasteiger partial charge in [0.05, 0.1) is 25.4 Å². The Kier molecular flexibility index (Phi) is 55.9.